The van der Waals surface area contributed by atoms with Crippen LogP contribution >= 0.6 is 0 Å². The quantitative estimate of drug-likeness (QED) is 0.168. The number of carbonyl (C=O) groups excluding carboxylic acids is 3. The van der Waals surface area contributed by atoms with E-state index in [-0.39, 0.29) is 33.4 Å². The first kappa shape index (κ1) is 24.2. The molecule has 6 rings (SSSR count). The van der Waals surface area contributed by atoms with Crippen molar-refractivity contribution >= 4 is 17.3 Å². The van der Waals surface area contributed by atoms with Gasteiger partial charge in [-0.1, -0.05) is 18.2 Å². The average Bonchev–Trinajstić information content (AvgIpc) is 2.90. The fraction of sp³-hybridized carbons (Fsp3) is 0.0690. The van der Waals surface area contributed by atoms with Crippen LogP contribution in [0.2, 0.25) is 0 Å². The Morgan fingerprint density at radius 3 is 1.82 bits per heavy atom. The summed E-state index contributed by atoms with van der Waals surface area (Å²) in [7, 11) is 0. The predicted molar refractivity (Wildman–Crippen MR) is 132 cm³/mol. The number of phenols is 5. The minimum absolute atomic E-state index is 0.110. The first-order chi connectivity index (χ1) is 18.5. The summed E-state index contributed by atoms with van der Waals surface area (Å²) in [5.74, 6) is -5.86. The molecule has 0 radical (unpaired) electrons. The van der Waals surface area contributed by atoms with Crippen LogP contribution < -0.4 is 0 Å². The Bertz CT molecular complexity index is 1820. The molecule has 10 heteroatoms. The lowest BCUT2D eigenvalue weighted by atomic mass is 9.68. The normalized spacial score (nSPS) is 17.3. The van der Waals surface area contributed by atoms with Gasteiger partial charge in [-0.15, -0.1) is 0 Å². The summed E-state index contributed by atoms with van der Waals surface area (Å²) in [5, 5.41) is 75.4. The molecule has 39 heavy (non-hydrogen) atoms. The van der Waals surface area contributed by atoms with Gasteiger partial charge in [-0.05, 0) is 42.0 Å². The molecule has 0 heterocycles. The summed E-state index contributed by atoms with van der Waals surface area (Å²) in [6.07, 6.45) is 0. The van der Waals surface area contributed by atoms with E-state index >= 15 is 0 Å². The Hall–Kier alpha value is -5.19. The van der Waals surface area contributed by atoms with Crippen molar-refractivity contribution in [2.45, 2.75) is 12.2 Å². The van der Waals surface area contributed by atoms with E-state index in [4.69, 9.17) is 0 Å². The number of ketones is 3. The molecule has 0 amide bonds. The van der Waals surface area contributed by atoms with E-state index in [0.717, 1.165) is 30.3 Å². The van der Waals surface area contributed by atoms with Crippen molar-refractivity contribution < 1.29 is 50.1 Å². The number of aromatic hydroxyl groups is 5. The minimum Gasteiger partial charge on any atom is -0.507 e. The number of rotatable bonds is 2. The largest absolute Gasteiger partial charge is 0.507 e. The van der Waals surface area contributed by atoms with Gasteiger partial charge in [-0.3, -0.25) is 14.4 Å². The molecule has 2 aliphatic carbocycles. The maximum atomic E-state index is 13.5. The number of hydrogen-bond donors (Lipinski definition) is 7. The van der Waals surface area contributed by atoms with Gasteiger partial charge in [-0.2, -0.15) is 0 Å². The van der Waals surface area contributed by atoms with Crippen molar-refractivity contribution in [1.29, 1.82) is 0 Å². The summed E-state index contributed by atoms with van der Waals surface area (Å²) in [6, 6.07) is 10.5. The zero-order valence-electron chi connectivity index (χ0n) is 19.8. The van der Waals surface area contributed by atoms with E-state index in [9.17, 15) is 50.1 Å². The van der Waals surface area contributed by atoms with Gasteiger partial charge in [0.2, 0.25) is 11.6 Å². The predicted octanol–water partition coefficient (Wildman–Crippen LogP) is 2.31. The Morgan fingerprint density at radius 1 is 0.564 bits per heavy atom. The number of phenolic OH excluding ortho intramolecular Hbond substituents is 5. The van der Waals surface area contributed by atoms with Crippen molar-refractivity contribution in [2.75, 3.05) is 0 Å². The fourth-order valence-electron chi connectivity index (χ4n) is 5.54. The molecule has 194 valence electrons. The summed E-state index contributed by atoms with van der Waals surface area (Å²) in [6.45, 7) is -0.583. The van der Waals surface area contributed by atoms with E-state index in [1.807, 2.05) is 0 Å². The number of carbonyl (C=O) groups is 3. The van der Waals surface area contributed by atoms with E-state index in [2.05, 4.69) is 0 Å². The van der Waals surface area contributed by atoms with Crippen LogP contribution in [-0.4, -0.2) is 53.1 Å². The van der Waals surface area contributed by atoms with E-state index < -0.39 is 80.6 Å². The number of aliphatic hydroxyl groups excluding tert-OH is 1. The van der Waals surface area contributed by atoms with Crippen molar-refractivity contribution in [3.05, 3.63) is 110 Å². The molecular weight excluding hydrogens is 508 g/mol. The highest BCUT2D eigenvalue weighted by atomic mass is 16.3. The van der Waals surface area contributed by atoms with Gasteiger partial charge in [0.25, 0.3) is 0 Å². The molecule has 0 fully saturated rings. The van der Waals surface area contributed by atoms with Gasteiger partial charge < -0.3 is 35.7 Å². The van der Waals surface area contributed by atoms with Gasteiger partial charge >= 0.3 is 0 Å². The van der Waals surface area contributed by atoms with Crippen molar-refractivity contribution in [1.82, 2.24) is 0 Å². The molecule has 4 aromatic carbocycles. The van der Waals surface area contributed by atoms with Crippen LogP contribution in [0.4, 0.5) is 0 Å². The minimum atomic E-state index is -2.48. The lowest BCUT2D eigenvalue weighted by Gasteiger charge is -2.38. The second-order valence-electron chi connectivity index (χ2n) is 9.33. The van der Waals surface area contributed by atoms with Gasteiger partial charge in [0.1, 0.15) is 34.3 Å². The van der Waals surface area contributed by atoms with Crippen LogP contribution in [0.15, 0.2) is 54.6 Å². The Morgan fingerprint density at radius 2 is 1.15 bits per heavy atom. The van der Waals surface area contributed by atoms with Crippen LogP contribution in [0.5, 0.6) is 28.7 Å². The zero-order chi connectivity index (χ0) is 28.0. The summed E-state index contributed by atoms with van der Waals surface area (Å²) in [5.41, 5.74) is -5.84. The summed E-state index contributed by atoms with van der Waals surface area (Å²) in [4.78, 5) is 40.1. The van der Waals surface area contributed by atoms with Gasteiger partial charge in [0.15, 0.2) is 5.78 Å². The van der Waals surface area contributed by atoms with E-state index in [1.165, 1.54) is 24.3 Å². The van der Waals surface area contributed by atoms with Gasteiger partial charge in [0, 0.05) is 22.3 Å². The van der Waals surface area contributed by atoms with Crippen LogP contribution in [0.25, 0.3) is 0 Å². The second kappa shape index (κ2) is 7.90. The molecule has 0 aliphatic heterocycles. The lowest BCUT2D eigenvalue weighted by molar-refractivity contribution is 0.0924. The lowest BCUT2D eigenvalue weighted by Crippen LogP contribution is -2.37. The molecule has 0 saturated heterocycles. The number of benzene rings is 4. The SMILES string of the molecule is O=C1c2c(O)cccc2C(O)(c2ccc3c(c2O)C(=O)c2c(O)ccc(O)c2C3=O)c2cc(CO)cc(O)c21. The molecule has 0 aromatic heterocycles. The van der Waals surface area contributed by atoms with Crippen molar-refractivity contribution in [2.24, 2.45) is 0 Å². The Labute approximate surface area is 218 Å². The molecule has 4 aromatic rings. The highest BCUT2D eigenvalue weighted by Crippen LogP contribution is 2.52. The number of fused-ring (bicyclic) bond motifs is 4. The third-order valence-corrected chi connectivity index (χ3v) is 7.29. The smallest absolute Gasteiger partial charge is 0.202 e. The van der Waals surface area contributed by atoms with Crippen molar-refractivity contribution in [3.8, 4) is 28.7 Å². The van der Waals surface area contributed by atoms with Crippen LogP contribution in [0.3, 0.4) is 0 Å². The summed E-state index contributed by atoms with van der Waals surface area (Å²) < 4.78 is 0. The molecule has 2 aliphatic rings. The Kier molecular flexibility index (Phi) is 4.90. The zero-order valence-corrected chi connectivity index (χ0v) is 19.8. The van der Waals surface area contributed by atoms with E-state index in [0.29, 0.717) is 0 Å². The standard InChI is InChI=1S/C29H18O10/c30-10-11-8-15-22(19(34)9-11)28(38)21-13(2-1-3-16(21)31)29(15,39)14-5-4-12-20(26(14)36)27(37)24-18(33)7-6-17(32)23(24)25(12)35/h1-9,30-34,36,39H,10H2. The van der Waals surface area contributed by atoms with Crippen molar-refractivity contribution in [3.63, 3.8) is 0 Å². The molecule has 7 N–H and O–H groups in total. The Balaban J connectivity index is 1.71. The van der Waals surface area contributed by atoms with E-state index in [1.54, 1.807) is 0 Å². The molecule has 0 spiro atoms. The topological polar surface area (TPSA) is 193 Å². The number of hydrogen-bond acceptors (Lipinski definition) is 10. The third-order valence-electron chi connectivity index (χ3n) is 7.29. The first-order valence-electron chi connectivity index (χ1n) is 11.6. The maximum absolute atomic E-state index is 13.5. The van der Waals surface area contributed by atoms with Gasteiger partial charge in [-0.25, -0.2) is 0 Å². The van der Waals surface area contributed by atoms with Crippen LogP contribution in [0.1, 0.15) is 70.0 Å². The first-order valence-corrected chi connectivity index (χ1v) is 11.6. The molecule has 1 atom stereocenters. The number of aliphatic hydroxyl groups is 2. The van der Waals surface area contributed by atoms with Gasteiger partial charge in [0.05, 0.1) is 34.4 Å². The summed E-state index contributed by atoms with van der Waals surface area (Å²) >= 11 is 0. The van der Waals surface area contributed by atoms with Crippen LogP contribution in [-0.2, 0) is 12.2 Å². The highest BCUT2D eigenvalue weighted by Gasteiger charge is 2.49. The third kappa shape index (κ3) is 2.95. The molecule has 10 nitrogen and oxygen atoms in total. The molecular formula is C29H18O10. The molecule has 0 saturated carbocycles. The average molecular weight is 526 g/mol. The fourth-order valence-corrected chi connectivity index (χ4v) is 5.54. The van der Waals surface area contributed by atoms with Crippen LogP contribution in [0, 0.1) is 0 Å². The maximum Gasteiger partial charge on any atom is 0.202 e. The molecule has 0 bridgehead atoms. The second-order valence-corrected chi connectivity index (χ2v) is 9.33. The molecule has 1 unspecified atom stereocenters. The monoisotopic (exact) mass is 526 g/mol. The highest BCUT2D eigenvalue weighted by molar-refractivity contribution is 6.31.